The first kappa shape index (κ1) is 23.8. The summed E-state index contributed by atoms with van der Waals surface area (Å²) in [7, 11) is 2.16. The first-order valence-electron chi connectivity index (χ1n) is 11.8. The van der Waals surface area contributed by atoms with Crippen LogP contribution in [0, 0.1) is 0 Å². The number of aromatic nitrogens is 2. The van der Waals surface area contributed by atoms with Crippen molar-refractivity contribution < 1.29 is 9.53 Å². The summed E-state index contributed by atoms with van der Waals surface area (Å²) in [5.41, 5.74) is 3.57. The van der Waals surface area contributed by atoms with E-state index in [9.17, 15) is 4.79 Å². The molecule has 1 saturated heterocycles. The number of anilines is 4. The third kappa shape index (κ3) is 5.64. The second-order valence-electron chi connectivity index (χ2n) is 8.57. The van der Waals surface area contributed by atoms with Crippen LogP contribution in [0.15, 0.2) is 72.1 Å². The van der Waals surface area contributed by atoms with Gasteiger partial charge in [0.25, 0.3) is 0 Å². The fourth-order valence-corrected chi connectivity index (χ4v) is 4.75. The van der Waals surface area contributed by atoms with E-state index in [2.05, 4.69) is 49.6 Å². The number of hydrogen-bond acceptors (Lipinski definition) is 8. The first-order valence-corrected chi connectivity index (χ1v) is 12.7. The number of fused-ring (bicyclic) bond motifs is 1. The molecule has 0 aliphatic carbocycles. The molecule has 2 aromatic carbocycles. The van der Waals surface area contributed by atoms with E-state index in [0.717, 1.165) is 42.1 Å². The van der Waals surface area contributed by atoms with Crippen LogP contribution in [0.25, 0.3) is 10.2 Å². The average Bonchev–Trinajstić information content (AvgIpc) is 3.35. The molecule has 0 atom stereocenters. The van der Waals surface area contributed by atoms with Gasteiger partial charge in [-0.15, -0.1) is 11.3 Å². The van der Waals surface area contributed by atoms with Gasteiger partial charge in [0.05, 0.1) is 5.52 Å². The molecule has 2 N–H and O–H groups in total. The van der Waals surface area contributed by atoms with Gasteiger partial charge in [-0.3, -0.25) is 4.79 Å². The van der Waals surface area contributed by atoms with Crippen molar-refractivity contribution in [2.75, 3.05) is 48.8 Å². The molecule has 8 nitrogen and oxygen atoms in total. The van der Waals surface area contributed by atoms with Crippen LogP contribution in [0.2, 0.25) is 0 Å². The molecule has 0 saturated carbocycles. The second kappa shape index (κ2) is 10.8. The van der Waals surface area contributed by atoms with Crippen LogP contribution in [0.1, 0.15) is 6.92 Å². The maximum Gasteiger partial charge on any atom is 0.248 e. The highest BCUT2D eigenvalue weighted by molar-refractivity contribution is 7.17. The molecule has 184 valence electrons. The number of carbonyl (C=O) groups is 1. The molecule has 1 aliphatic heterocycles. The molecule has 5 rings (SSSR count). The second-order valence-corrected chi connectivity index (χ2v) is 9.48. The van der Waals surface area contributed by atoms with Crippen molar-refractivity contribution in [1.82, 2.24) is 14.9 Å². The van der Waals surface area contributed by atoms with Crippen LogP contribution in [0.5, 0.6) is 11.6 Å². The number of benzene rings is 2. The van der Waals surface area contributed by atoms with Crippen LogP contribution in [-0.2, 0) is 4.79 Å². The van der Waals surface area contributed by atoms with Gasteiger partial charge >= 0.3 is 0 Å². The quantitative estimate of drug-likeness (QED) is 0.325. The van der Waals surface area contributed by atoms with E-state index in [0.29, 0.717) is 23.3 Å². The van der Waals surface area contributed by atoms with Gasteiger partial charge in [-0.25, -0.2) is 4.98 Å². The Morgan fingerprint density at radius 2 is 1.83 bits per heavy atom. The van der Waals surface area contributed by atoms with Crippen LogP contribution < -0.4 is 20.3 Å². The Morgan fingerprint density at radius 1 is 1.03 bits per heavy atom. The lowest BCUT2D eigenvalue weighted by atomic mass is 10.2. The van der Waals surface area contributed by atoms with Crippen molar-refractivity contribution in [1.29, 1.82) is 0 Å². The number of nitrogens with one attached hydrogen (secondary N) is 2. The minimum absolute atomic E-state index is 0.192. The Morgan fingerprint density at radius 3 is 2.61 bits per heavy atom. The number of likely N-dealkylation sites (N-methyl/N-ethyl adjacent to an activating group) is 1. The molecule has 0 unspecified atom stereocenters. The molecule has 1 fully saturated rings. The molecule has 1 amide bonds. The van der Waals surface area contributed by atoms with E-state index in [1.54, 1.807) is 19.1 Å². The molecule has 4 aromatic rings. The van der Waals surface area contributed by atoms with E-state index < -0.39 is 0 Å². The topological polar surface area (TPSA) is 82.6 Å². The number of amides is 1. The van der Waals surface area contributed by atoms with Crippen LogP contribution in [0.4, 0.5) is 23.0 Å². The summed E-state index contributed by atoms with van der Waals surface area (Å²) >= 11 is 1.52. The summed E-state index contributed by atoms with van der Waals surface area (Å²) in [6.45, 7) is 6.00. The third-order valence-corrected chi connectivity index (χ3v) is 6.79. The van der Waals surface area contributed by atoms with Gasteiger partial charge in [-0.2, -0.15) is 4.98 Å². The molecule has 1 aliphatic rings. The zero-order valence-electron chi connectivity index (χ0n) is 20.3. The van der Waals surface area contributed by atoms with Crippen molar-refractivity contribution in [3.8, 4) is 11.6 Å². The molecule has 0 spiro atoms. The summed E-state index contributed by atoms with van der Waals surface area (Å²) in [4.78, 5) is 26.0. The molecule has 2 aromatic heterocycles. The molecular weight excluding hydrogens is 472 g/mol. The molecule has 3 heterocycles. The molecule has 0 bridgehead atoms. The van der Waals surface area contributed by atoms with Gasteiger partial charge in [-0.05, 0) is 67.9 Å². The lowest BCUT2D eigenvalue weighted by molar-refractivity contribution is -0.111. The van der Waals surface area contributed by atoms with Crippen LogP contribution in [0.3, 0.4) is 0 Å². The molecule has 36 heavy (non-hydrogen) atoms. The Balaban J connectivity index is 1.33. The molecule has 0 radical (unpaired) electrons. The van der Waals surface area contributed by atoms with Gasteiger partial charge in [0.2, 0.25) is 17.7 Å². The average molecular weight is 501 g/mol. The third-order valence-electron chi connectivity index (χ3n) is 5.90. The van der Waals surface area contributed by atoms with Crippen molar-refractivity contribution in [2.24, 2.45) is 0 Å². The Kier molecular flexibility index (Phi) is 7.11. The number of thiophene rings is 1. The smallest absolute Gasteiger partial charge is 0.248 e. The van der Waals surface area contributed by atoms with Gasteiger partial charge in [-0.1, -0.05) is 12.1 Å². The van der Waals surface area contributed by atoms with Crippen molar-refractivity contribution in [3.63, 3.8) is 0 Å². The number of ether oxygens (including phenoxy) is 1. The summed E-state index contributed by atoms with van der Waals surface area (Å²) in [6.07, 6.45) is 3.17. The van der Waals surface area contributed by atoms with E-state index in [1.807, 2.05) is 41.8 Å². The molecular formula is C27H28N6O2S. The van der Waals surface area contributed by atoms with Gasteiger partial charge in [0.15, 0.2) is 0 Å². The predicted octanol–water partition coefficient (Wildman–Crippen LogP) is 5.49. The highest BCUT2D eigenvalue weighted by atomic mass is 32.1. The van der Waals surface area contributed by atoms with E-state index in [1.165, 1.54) is 23.1 Å². The van der Waals surface area contributed by atoms with Crippen molar-refractivity contribution in [2.45, 2.75) is 6.92 Å². The largest absolute Gasteiger partial charge is 0.437 e. The van der Waals surface area contributed by atoms with Crippen LogP contribution in [-0.4, -0.2) is 54.0 Å². The monoisotopic (exact) mass is 500 g/mol. The van der Waals surface area contributed by atoms with E-state index >= 15 is 0 Å². The maximum atomic E-state index is 11.9. The number of allylic oxidation sites excluding steroid dienone is 1. The minimum Gasteiger partial charge on any atom is -0.437 e. The predicted molar refractivity (Wildman–Crippen MR) is 147 cm³/mol. The van der Waals surface area contributed by atoms with E-state index in [-0.39, 0.29) is 5.91 Å². The Hall–Kier alpha value is -3.95. The highest BCUT2D eigenvalue weighted by Gasteiger charge is 2.15. The Labute approximate surface area is 214 Å². The summed E-state index contributed by atoms with van der Waals surface area (Å²) in [5, 5.41) is 8.10. The number of hydrogen-bond donors (Lipinski definition) is 2. The van der Waals surface area contributed by atoms with Gasteiger partial charge < -0.3 is 25.2 Å². The summed E-state index contributed by atoms with van der Waals surface area (Å²) in [5.74, 6) is 1.30. The summed E-state index contributed by atoms with van der Waals surface area (Å²) < 4.78 is 7.01. The zero-order valence-corrected chi connectivity index (χ0v) is 21.1. The van der Waals surface area contributed by atoms with Crippen molar-refractivity contribution in [3.05, 3.63) is 72.1 Å². The minimum atomic E-state index is -0.192. The van der Waals surface area contributed by atoms with Gasteiger partial charge in [0.1, 0.15) is 10.4 Å². The maximum absolute atomic E-state index is 11.9. The summed E-state index contributed by atoms with van der Waals surface area (Å²) in [6, 6.07) is 17.5. The van der Waals surface area contributed by atoms with Crippen molar-refractivity contribution >= 4 is 50.5 Å². The highest BCUT2D eigenvalue weighted by Crippen LogP contribution is 2.34. The molecule has 9 heteroatoms. The lowest BCUT2D eigenvalue weighted by Crippen LogP contribution is -2.44. The zero-order chi connectivity index (χ0) is 24.9. The number of piperazine rings is 1. The normalized spacial score (nSPS) is 14.3. The van der Waals surface area contributed by atoms with Gasteiger partial charge in [0, 0.05) is 49.3 Å². The lowest BCUT2D eigenvalue weighted by Gasteiger charge is -2.34. The number of nitrogens with zero attached hydrogens (tertiary/aromatic N) is 4. The Bertz CT molecular complexity index is 1380. The SMILES string of the molecule is C/C=C/C(=O)Nc1cccc(Oc2nc(Nc3ccc(N4CCN(C)CC4)cc3)nc3ccsc23)c1. The standard InChI is InChI=1S/C27H28N6O2S/c1-3-5-24(34)28-20-6-4-7-22(18-20)35-26-25-23(12-17-36-25)30-27(31-26)29-19-8-10-21(11-9-19)33-15-13-32(2)14-16-33/h3-12,17-18H,13-16H2,1-2H3,(H,28,34)(H,29,30,31)/b5-3+. The van der Waals surface area contributed by atoms with Crippen LogP contribution >= 0.6 is 11.3 Å². The number of rotatable bonds is 7. The van der Waals surface area contributed by atoms with E-state index in [4.69, 9.17) is 4.74 Å². The fraction of sp³-hybridized carbons (Fsp3) is 0.222. The number of carbonyl (C=O) groups excluding carboxylic acids is 1. The fourth-order valence-electron chi connectivity index (χ4n) is 4.00. The first-order chi connectivity index (χ1) is 17.6.